The second-order valence-corrected chi connectivity index (χ2v) is 5.43. The number of amides is 1. The molecule has 0 bridgehead atoms. The molecule has 0 atom stereocenters. The Hall–Kier alpha value is -2.10. The largest absolute Gasteiger partial charge is 0.354 e. The third-order valence-corrected chi connectivity index (χ3v) is 3.63. The van der Waals surface area contributed by atoms with Gasteiger partial charge in [-0.3, -0.25) is 9.48 Å². The highest BCUT2D eigenvalue weighted by Gasteiger charge is 2.05. The van der Waals surface area contributed by atoms with Gasteiger partial charge in [-0.05, 0) is 44.4 Å². The molecule has 1 heterocycles. The van der Waals surface area contributed by atoms with Crippen molar-refractivity contribution >= 4 is 5.91 Å². The molecule has 1 amide bonds. The van der Waals surface area contributed by atoms with Crippen LogP contribution in [-0.2, 0) is 17.8 Å². The number of nitrogens with zero attached hydrogens (tertiary/aromatic N) is 2. The Kier molecular flexibility index (Phi) is 5.14. The Bertz CT molecular complexity index is 616. The molecule has 0 saturated heterocycles. The van der Waals surface area contributed by atoms with Gasteiger partial charge < -0.3 is 5.32 Å². The highest BCUT2D eigenvalue weighted by Crippen LogP contribution is 2.09. The van der Waals surface area contributed by atoms with Gasteiger partial charge in [0.1, 0.15) is 0 Å². The summed E-state index contributed by atoms with van der Waals surface area (Å²) in [5, 5.41) is 7.34. The Morgan fingerprint density at radius 1 is 1.24 bits per heavy atom. The minimum absolute atomic E-state index is 0.0970. The van der Waals surface area contributed by atoms with E-state index in [0.717, 1.165) is 24.4 Å². The molecule has 0 aliphatic rings. The third kappa shape index (κ3) is 4.45. The summed E-state index contributed by atoms with van der Waals surface area (Å²) in [5.74, 6) is 0.0970. The van der Waals surface area contributed by atoms with Gasteiger partial charge in [0, 0.05) is 18.7 Å². The smallest absolute Gasteiger partial charge is 0.220 e. The number of aryl methyl sites for hydroxylation is 4. The van der Waals surface area contributed by atoms with Crippen molar-refractivity contribution in [2.24, 2.45) is 0 Å². The molecule has 4 nitrogen and oxygen atoms in total. The summed E-state index contributed by atoms with van der Waals surface area (Å²) in [6, 6.07) is 10.2. The normalized spacial score (nSPS) is 10.6. The summed E-state index contributed by atoms with van der Waals surface area (Å²) in [6.07, 6.45) is 1.32. The fourth-order valence-corrected chi connectivity index (χ4v) is 2.43. The molecule has 0 spiro atoms. The zero-order valence-corrected chi connectivity index (χ0v) is 13.0. The number of carbonyl (C=O) groups excluding carboxylic acids is 1. The van der Waals surface area contributed by atoms with Gasteiger partial charge in [0.25, 0.3) is 0 Å². The number of aromatic nitrogens is 2. The van der Waals surface area contributed by atoms with Crippen LogP contribution in [0.4, 0.5) is 0 Å². The summed E-state index contributed by atoms with van der Waals surface area (Å²) in [5.41, 5.74) is 4.62. The fourth-order valence-electron chi connectivity index (χ4n) is 2.43. The van der Waals surface area contributed by atoms with E-state index in [1.807, 2.05) is 36.7 Å². The van der Waals surface area contributed by atoms with Crippen LogP contribution in [0.25, 0.3) is 0 Å². The van der Waals surface area contributed by atoms with E-state index in [1.54, 1.807) is 0 Å². The number of benzene rings is 1. The number of carbonyl (C=O) groups is 1. The molecule has 4 heteroatoms. The van der Waals surface area contributed by atoms with E-state index in [0.29, 0.717) is 13.0 Å². The SMILES string of the molecule is Cc1cc(C)n(CCNC(=O)CCc2ccccc2C)n1. The van der Waals surface area contributed by atoms with Crippen LogP contribution in [0, 0.1) is 20.8 Å². The highest BCUT2D eigenvalue weighted by molar-refractivity contribution is 5.76. The molecule has 0 aliphatic heterocycles. The topological polar surface area (TPSA) is 46.9 Å². The van der Waals surface area contributed by atoms with E-state index < -0.39 is 0 Å². The first-order chi connectivity index (χ1) is 10.1. The van der Waals surface area contributed by atoms with Gasteiger partial charge in [-0.1, -0.05) is 24.3 Å². The molecule has 2 aromatic rings. The van der Waals surface area contributed by atoms with Crippen molar-refractivity contribution in [1.82, 2.24) is 15.1 Å². The number of hydrogen-bond acceptors (Lipinski definition) is 2. The van der Waals surface area contributed by atoms with E-state index in [4.69, 9.17) is 0 Å². The molecule has 0 fully saturated rings. The van der Waals surface area contributed by atoms with Crippen molar-refractivity contribution < 1.29 is 4.79 Å². The lowest BCUT2D eigenvalue weighted by Crippen LogP contribution is -2.28. The second-order valence-electron chi connectivity index (χ2n) is 5.43. The maximum absolute atomic E-state index is 11.9. The van der Waals surface area contributed by atoms with E-state index >= 15 is 0 Å². The minimum atomic E-state index is 0.0970. The van der Waals surface area contributed by atoms with Crippen molar-refractivity contribution in [2.45, 2.75) is 40.2 Å². The highest BCUT2D eigenvalue weighted by atomic mass is 16.1. The molecular weight excluding hydrogens is 262 g/mol. The average molecular weight is 285 g/mol. The van der Waals surface area contributed by atoms with Crippen LogP contribution in [0.15, 0.2) is 30.3 Å². The monoisotopic (exact) mass is 285 g/mol. The van der Waals surface area contributed by atoms with Crippen LogP contribution in [0.2, 0.25) is 0 Å². The van der Waals surface area contributed by atoms with Crippen LogP contribution in [0.5, 0.6) is 0 Å². The minimum Gasteiger partial charge on any atom is -0.354 e. The molecule has 2 rings (SSSR count). The van der Waals surface area contributed by atoms with E-state index in [-0.39, 0.29) is 5.91 Å². The van der Waals surface area contributed by atoms with Gasteiger partial charge in [0.2, 0.25) is 5.91 Å². The summed E-state index contributed by atoms with van der Waals surface area (Å²) < 4.78 is 1.93. The zero-order valence-electron chi connectivity index (χ0n) is 13.0. The Labute approximate surface area is 126 Å². The van der Waals surface area contributed by atoms with Crippen molar-refractivity contribution in [1.29, 1.82) is 0 Å². The van der Waals surface area contributed by atoms with Crippen LogP contribution in [0.3, 0.4) is 0 Å². The van der Waals surface area contributed by atoms with Crippen molar-refractivity contribution in [3.63, 3.8) is 0 Å². The molecule has 0 saturated carbocycles. The zero-order chi connectivity index (χ0) is 15.2. The van der Waals surface area contributed by atoms with Gasteiger partial charge in [-0.15, -0.1) is 0 Å². The molecular formula is C17H23N3O. The van der Waals surface area contributed by atoms with Crippen molar-refractivity contribution in [3.8, 4) is 0 Å². The molecule has 0 unspecified atom stereocenters. The Morgan fingerprint density at radius 2 is 2.00 bits per heavy atom. The first-order valence-electron chi connectivity index (χ1n) is 7.38. The molecule has 21 heavy (non-hydrogen) atoms. The first kappa shape index (κ1) is 15.3. The maximum atomic E-state index is 11.9. The van der Waals surface area contributed by atoms with Gasteiger partial charge in [-0.25, -0.2) is 0 Å². The van der Waals surface area contributed by atoms with Gasteiger partial charge >= 0.3 is 0 Å². The van der Waals surface area contributed by atoms with Gasteiger partial charge in [0.05, 0.1) is 12.2 Å². The van der Waals surface area contributed by atoms with Crippen molar-refractivity contribution in [3.05, 3.63) is 52.8 Å². The Balaban J connectivity index is 1.73. The lowest BCUT2D eigenvalue weighted by atomic mass is 10.0. The Morgan fingerprint density at radius 3 is 2.67 bits per heavy atom. The van der Waals surface area contributed by atoms with E-state index in [9.17, 15) is 4.79 Å². The quantitative estimate of drug-likeness (QED) is 0.886. The molecule has 112 valence electrons. The van der Waals surface area contributed by atoms with Crippen LogP contribution in [0.1, 0.15) is 28.9 Å². The summed E-state index contributed by atoms with van der Waals surface area (Å²) in [4.78, 5) is 11.9. The summed E-state index contributed by atoms with van der Waals surface area (Å²) in [7, 11) is 0. The molecule has 1 aromatic carbocycles. The van der Waals surface area contributed by atoms with E-state index in [2.05, 4.69) is 29.5 Å². The maximum Gasteiger partial charge on any atom is 0.220 e. The lowest BCUT2D eigenvalue weighted by molar-refractivity contribution is -0.121. The van der Waals surface area contributed by atoms with Crippen LogP contribution < -0.4 is 5.32 Å². The predicted octanol–water partition coefficient (Wildman–Crippen LogP) is 2.56. The average Bonchev–Trinajstić information content (AvgIpc) is 2.76. The number of nitrogens with one attached hydrogen (secondary N) is 1. The fraction of sp³-hybridized carbons (Fsp3) is 0.412. The van der Waals surface area contributed by atoms with E-state index in [1.165, 1.54) is 11.1 Å². The first-order valence-corrected chi connectivity index (χ1v) is 7.38. The molecule has 1 N–H and O–H groups in total. The molecule has 0 radical (unpaired) electrons. The lowest BCUT2D eigenvalue weighted by Gasteiger charge is -2.08. The summed E-state index contributed by atoms with van der Waals surface area (Å²) in [6.45, 7) is 7.42. The summed E-state index contributed by atoms with van der Waals surface area (Å²) >= 11 is 0. The van der Waals surface area contributed by atoms with Crippen LogP contribution >= 0.6 is 0 Å². The predicted molar refractivity (Wildman–Crippen MR) is 84.2 cm³/mol. The standard InChI is InChI=1S/C17H23N3O/c1-13-6-4-5-7-16(13)8-9-17(21)18-10-11-20-15(3)12-14(2)19-20/h4-7,12H,8-11H2,1-3H3,(H,18,21). The number of rotatable bonds is 6. The van der Waals surface area contributed by atoms with Crippen LogP contribution in [-0.4, -0.2) is 22.2 Å². The van der Waals surface area contributed by atoms with Crippen molar-refractivity contribution in [2.75, 3.05) is 6.54 Å². The molecule has 0 aliphatic carbocycles. The second kappa shape index (κ2) is 7.07. The molecule has 1 aromatic heterocycles. The van der Waals surface area contributed by atoms with Gasteiger partial charge in [-0.2, -0.15) is 5.10 Å². The number of hydrogen-bond donors (Lipinski definition) is 1. The van der Waals surface area contributed by atoms with Gasteiger partial charge in [0.15, 0.2) is 0 Å². The third-order valence-electron chi connectivity index (χ3n) is 3.63.